The summed E-state index contributed by atoms with van der Waals surface area (Å²) in [6, 6.07) is 3.84. The Labute approximate surface area is 175 Å². The largest absolute Gasteiger partial charge is 0.382 e. The third-order valence-corrected chi connectivity index (χ3v) is 6.92. The van der Waals surface area contributed by atoms with Gasteiger partial charge in [-0.1, -0.05) is 0 Å². The lowest BCUT2D eigenvalue weighted by atomic mass is 9.94. The first kappa shape index (κ1) is 19.1. The van der Waals surface area contributed by atoms with Gasteiger partial charge in [-0.2, -0.15) is 0 Å². The van der Waals surface area contributed by atoms with Gasteiger partial charge in [0.25, 0.3) is 0 Å². The van der Waals surface area contributed by atoms with E-state index < -0.39 is 0 Å². The van der Waals surface area contributed by atoms with Crippen LogP contribution in [0.5, 0.6) is 0 Å². The zero-order valence-electron chi connectivity index (χ0n) is 15.2. The quantitative estimate of drug-likeness (QED) is 0.562. The number of likely N-dealkylation sites (tertiary alicyclic amines) is 1. The molecular formula is C18H20BrN7OS. The van der Waals surface area contributed by atoms with Crippen LogP contribution in [0.4, 0.5) is 5.82 Å². The van der Waals surface area contributed by atoms with E-state index in [1.54, 1.807) is 6.20 Å². The zero-order chi connectivity index (χ0) is 19.5. The number of aromatic nitrogens is 5. The van der Waals surface area contributed by atoms with E-state index in [-0.39, 0.29) is 0 Å². The van der Waals surface area contributed by atoms with Crippen LogP contribution in [0.1, 0.15) is 19.3 Å². The summed E-state index contributed by atoms with van der Waals surface area (Å²) in [4.78, 5) is 30.3. The molecule has 1 aliphatic rings. The predicted octanol–water partition coefficient (Wildman–Crippen LogP) is 2.98. The minimum atomic E-state index is 0.431. The van der Waals surface area contributed by atoms with Crippen LogP contribution >= 0.6 is 27.7 Å². The van der Waals surface area contributed by atoms with Gasteiger partial charge < -0.3 is 15.2 Å². The Bertz CT molecular complexity index is 987. The Morgan fingerprint density at radius 3 is 2.86 bits per heavy atom. The van der Waals surface area contributed by atoms with Crippen molar-refractivity contribution in [3.8, 4) is 0 Å². The summed E-state index contributed by atoms with van der Waals surface area (Å²) in [5.41, 5.74) is 7.51. The number of imidazole rings is 1. The van der Waals surface area contributed by atoms with Crippen molar-refractivity contribution in [3.05, 3.63) is 29.1 Å². The number of anilines is 1. The van der Waals surface area contributed by atoms with Gasteiger partial charge in [-0.3, -0.25) is 4.79 Å². The number of nitrogens with zero attached hydrogens (tertiary/aromatic N) is 6. The maximum Gasteiger partial charge on any atom is 0.209 e. The van der Waals surface area contributed by atoms with Crippen LogP contribution in [0.2, 0.25) is 0 Å². The van der Waals surface area contributed by atoms with E-state index in [1.807, 2.05) is 17.0 Å². The van der Waals surface area contributed by atoms with E-state index >= 15 is 0 Å². The van der Waals surface area contributed by atoms with Crippen molar-refractivity contribution in [2.24, 2.45) is 5.92 Å². The van der Waals surface area contributed by atoms with E-state index in [2.05, 4.69) is 40.4 Å². The number of carbonyl (C=O) groups is 1. The van der Waals surface area contributed by atoms with Gasteiger partial charge in [0.05, 0.1) is 4.47 Å². The van der Waals surface area contributed by atoms with Gasteiger partial charge in [-0.15, -0.1) is 0 Å². The highest BCUT2D eigenvalue weighted by molar-refractivity contribution is 9.10. The molecule has 0 spiro atoms. The fraction of sp³-hybridized carbons (Fsp3) is 0.389. The number of hydrogen-bond acceptors (Lipinski definition) is 7. The molecular weight excluding hydrogens is 442 g/mol. The summed E-state index contributed by atoms with van der Waals surface area (Å²) in [6.45, 7) is 2.42. The second kappa shape index (κ2) is 8.44. The smallest absolute Gasteiger partial charge is 0.209 e. The van der Waals surface area contributed by atoms with Gasteiger partial charge >= 0.3 is 0 Å². The minimum absolute atomic E-state index is 0.431. The van der Waals surface area contributed by atoms with Gasteiger partial charge in [0, 0.05) is 25.8 Å². The van der Waals surface area contributed by atoms with Crippen LogP contribution in [-0.2, 0) is 11.3 Å². The topological polar surface area (TPSA) is 103 Å². The van der Waals surface area contributed by atoms with Crippen LogP contribution < -0.4 is 5.73 Å². The van der Waals surface area contributed by atoms with Crippen molar-refractivity contribution in [3.63, 3.8) is 0 Å². The number of aryl methyl sites for hydroxylation is 1. The van der Waals surface area contributed by atoms with E-state index in [1.165, 1.54) is 18.1 Å². The molecule has 10 heteroatoms. The zero-order valence-corrected chi connectivity index (χ0v) is 17.6. The molecule has 1 fully saturated rings. The van der Waals surface area contributed by atoms with Crippen molar-refractivity contribution < 1.29 is 4.79 Å². The Morgan fingerprint density at radius 2 is 2.11 bits per heavy atom. The molecule has 3 aromatic rings. The second-order valence-electron chi connectivity index (χ2n) is 6.74. The lowest BCUT2D eigenvalue weighted by molar-refractivity contribution is -0.119. The van der Waals surface area contributed by atoms with Crippen molar-refractivity contribution in [2.75, 3.05) is 18.8 Å². The first-order valence-corrected chi connectivity index (χ1v) is 10.7. The summed E-state index contributed by atoms with van der Waals surface area (Å²) in [7, 11) is 0. The number of nitrogens with two attached hydrogens (primary N) is 1. The minimum Gasteiger partial charge on any atom is -0.382 e. The molecule has 146 valence electrons. The van der Waals surface area contributed by atoms with Gasteiger partial charge in [0.2, 0.25) is 6.41 Å². The monoisotopic (exact) mass is 461 g/mol. The molecule has 1 amide bonds. The first-order chi connectivity index (χ1) is 13.7. The molecule has 0 bridgehead atoms. The molecule has 0 aromatic carbocycles. The molecule has 28 heavy (non-hydrogen) atoms. The Kier molecular flexibility index (Phi) is 5.77. The number of carbonyl (C=O) groups excluding carboxylic acids is 1. The van der Waals surface area contributed by atoms with Gasteiger partial charge in [0.1, 0.15) is 16.9 Å². The van der Waals surface area contributed by atoms with Gasteiger partial charge in [0.15, 0.2) is 16.6 Å². The predicted molar refractivity (Wildman–Crippen MR) is 111 cm³/mol. The third-order valence-electron chi connectivity index (χ3n) is 5.01. The standard InChI is InChI=1S/C18H20BrN7OS/c19-13-2-1-6-21-17(13)28-18-24-16-14(15(20)22-10-23-16)26(18)9-5-12-3-7-25(11-27)8-4-12/h1-2,6,10-12H,3-5,7-9H2,(H2,20,22,23). The first-order valence-electron chi connectivity index (χ1n) is 9.10. The molecule has 0 aliphatic carbocycles. The molecule has 4 rings (SSSR count). The summed E-state index contributed by atoms with van der Waals surface area (Å²) in [5, 5.41) is 1.64. The fourth-order valence-electron chi connectivity index (χ4n) is 3.45. The van der Waals surface area contributed by atoms with Crippen molar-refractivity contribution in [1.82, 2.24) is 29.4 Å². The number of fused-ring (bicyclic) bond motifs is 1. The molecule has 8 nitrogen and oxygen atoms in total. The van der Waals surface area contributed by atoms with Crippen LogP contribution in [-0.4, -0.2) is 48.9 Å². The average Bonchev–Trinajstić information content (AvgIpc) is 3.07. The Hall–Kier alpha value is -2.20. The van der Waals surface area contributed by atoms with Crippen LogP contribution in [0.3, 0.4) is 0 Å². The molecule has 0 radical (unpaired) electrons. The maximum absolute atomic E-state index is 10.9. The number of nitrogen functional groups attached to an aromatic ring is 1. The SMILES string of the molecule is Nc1ncnc2nc(Sc3ncccc3Br)n(CCC3CCN(C=O)CC3)c12. The fourth-order valence-corrected chi connectivity index (χ4v) is 4.82. The highest BCUT2D eigenvalue weighted by Crippen LogP contribution is 2.34. The van der Waals surface area contributed by atoms with E-state index in [9.17, 15) is 4.79 Å². The number of hydrogen-bond donors (Lipinski definition) is 1. The molecule has 0 atom stereocenters. The summed E-state index contributed by atoms with van der Waals surface area (Å²) >= 11 is 5.03. The summed E-state index contributed by atoms with van der Waals surface area (Å²) in [5.74, 6) is 0.999. The number of piperidine rings is 1. The molecule has 1 saturated heterocycles. The van der Waals surface area contributed by atoms with Crippen molar-refractivity contribution >= 4 is 51.1 Å². The lowest BCUT2D eigenvalue weighted by Crippen LogP contribution is -2.32. The Morgan fingerprint density at radius 1 is 1.29 bits per heavy atom. The highest BCUT2D eigenvalue weighted by Gasteiger charge is 2.21. The molecule has 0 unspecified atom stereocenters. The van der Waals surface area contributed by atoms with Crippen LogP contribution in [0.15, 0.2) is 39.3 Å². The molecule has 1 aliphatic heterocycles. The second-order valence-corrected chi connectivity index (χ2v) is 8.55. The van der Waals surface area contributed by atoms with Crippen LogP contribution in [0, 0.1) is 5.92 Å². The van der Waals surface area contributed by atoms with Crippen LogP contribution in [0.25, 0.3) is 11.2 Å². The lowest BCUT2D eigenvalue weighted by Gasteiger charge is -2.29. The average molecular weight is 462 g/mol. The van der Waals surface area contributed by atoms with E-state index in [0.717, 1.165) is 65.5 Å². The number of pyridine rings is 1. The Balaban J connectivity index is 1.60. The molecule has 4 heterocycles. The normalized spacial score (nSPS) is 15.2. The number of halogens is 1. The van der Waals surface area contributed by atoms with E-state index in [4.69, 9.17) is 5.73 Å². The van der Waals surface area contributed by atoms with Gasteiger partial charge in [-0.05, 0) is 65.0 Å². The van der Waals surface area contributed by atoms with Gasteiger partial charge in [-0.25, -0.2) is 19.9 Å². The molecule has 0 saturated carbocycles. The van der Waals surface area contributed by atoms with Crippen molar-refractivity contribution in [2.45, 2.75) is 36.0 Å². The number of rotatable bonds is 6. The highest BCUT2D eigenvalue weighted by atomic mass is 79.9. The van der Waals surface area contributed by atoms with E-state index in [0.29, 0.717) is 17.4 Å². The molecule has 3 aromatic heterocycles. The summed E-state index contributed by atoms with van der Waals surface area (Å²) in [6.07, 6.45) is 7.17. The number of amides is 1. The summed E-state index contributed by atoms with van der Waals surface area (Å²) < 4.78 is 3.02. The molecule has 2 N–H and O–H groups in total. The maximum atomic E-state index is 10.9. The third kappa shape index (κ3) is 3.97. The van der Waals surface area contributed by atoms with Crippen molar-refractivity contribution in [1.29, 1.82) is 0 Å².